The van der Waals surface area contributed by atoms with Gasteiger partial charge in [-0.3, -0.25) is 9.78 Å². The van der Waals surface area contributed by atoms with Crippen molar-refractivity contribution >= 4 is 17.2 Å². The predicted octanol–water partition coefficient (Wildman–Crippen LogP) is 4.54. The summed E-state index contributed by atoms with van der Waals surface area (Å²) in [5.74, 6) is -0.179. The minimum absolute atomic E-state index is 0.179. The first-order valence-electron chi connectivity index (χ1n) is 9.01. The molecule has 0 unspecified atom stereocenters. The zero-order valence-electron chi connectivity index (χ0n) is 15.7. The van der Waals surface area contributed by atoms with Gasteiger partial charge in [0.2, 0.25) is 0 Å². The van der Waals surface area contributed by atoms with Crippen LogP contribution in [0.25, 0.3) is 16.3 Å². The van der Waals surface area contributed by atoms with Crippen molar-refractivity contribution in [2.75, 3.05) is 0 Å². The van der Waals surface area contributed by atoms with E-state index in [9.17, 15) is 4.79 Å². The Morgan fingerprint density at radius 1 is 1.11 bits per heavy atom. The van der Waals surface area contributed by atoms with E-state index in [1.165, 1.54) is 0 Å². The van der Waals surface area contributed by atoms with Crippen molar-refractivity contribution in [3.8, 4) is 16.3 Å². The molecule has 0 aliphatic rings. The number of amides is 1. The molecule has 3 heterocycles. The van der Waals surface area contributed by atoms with Gasteiger partial charge in [0.1, 0.15) is 11.4 Å². The molecular formula is C22H20N4OS. The highest BCUT2D eigenvalue weighted by Gasteiger charge is 2.19. The number of thiophene rings is 1. The lowest BCUT2D eigenvalue weighted by molar-refractivity contribution is 0.0942. The highest BCUT2D eigenvalue weighted by Crippen LogP contribution is 2.27. The van der Waals surface area contributed by atoms with E-state index in [2.05, 4.69) is 22.4 Å². The summed E-state index contributed by atoms with van der Waals surface area (Å²) in [5.41, 5.74) is 5.20. The molecule has 4 aromatic rings. The van der Waals surface area contributed by atoms with E-state index in [-0.39, 0.29) is 5.91 Å². The van der Waals surface area contributed by atoms with Gasteiger partial charge in [0, 0.05) is 6.20 Å². The second-order valence-corrected chi connectivity index (χ2v) is 7.55. The van der Waals surface area contributed by atoms with Crippen LogP contribution in [0.1, 0.15) is 27.3 Å². The molecule has 0 atom stereocenters. The molecule has 3 aromatic heterocycles. The number of aromatic nitrogens is 3. The Kier molecular flexibility index (Phi) is 5.04. The van der Waals surface area contributed by atoms with Crippen LogP contribution in [-0.2, 0) is 6.54 Å². The minimum Gasteiger partial charge on any atom is -0.345 e. The van der Waals surface area contributed by atoms with E-state index in [4.69, 9.17) is 5.10 Å². The van der Waals surface area contributed by atoms with Crippen LogP contribution in [0.3, 0.4) is 0 Å². The van der Waals surface area contributed by atoms with Gasteiger partial charge in [-0.15, -0.1) is 11.3 Å². The quantitative estimate of drug-likeness (QED) is 0.546. The van der Waals surface area contributed by atoms with Crippen LogP contribution in [0.2, 0.25) is 0 Å². The van der Waals surface area contributed by atoms with Crippen molar-refractivity contribution in [1.82, 2.24) is 20.1 Å². The van der Waals surface area contributed by atoms with E-state index in [0.29, 0.717) is 12.2 Å². The predicted molar refractivity (Wildman–Crippen MR) is 112 cm³/mol. The number of hydrogen-bond donors (Lipinski definition) is 1. The van der Waals surface area contributed by atoms with E-state index in [1.54, 1.807) is 22.2 Å². The fraction of sp³-hybridized carbons (Fsp3) is 0.136. The molecule has 0 aliphatic heterocycles. The molecule has 28 heavy (non-hydrogen) atoms. The first-order chi connectivity index (χ1) is 13.6. The lowest BCUT2D eigenvalue weighted by atomic mass is 10.1. The number of pyridine rings is 1. The molecule has 0 saturated carbocycles. The SMILES string of the molecule is Cc1ccc(C)c(-n2nc(-c3cccs3)cc2C(=O)NCc2ccccn2)c1. The van der Waals surface area contributed by atoms with E-state index < -0.39 is 0 Å². The molecule has 1 N–H and O–H groups in total. The molecule has 0 bridgehead atoms. The Morgan fingerprint density at radius 2 is 2.00 bits per heavy atom. The largest absolute Gasteiger partial charge is 0.345 e. The Hall–Kier alpha value is -3.25. The Morgan fingerprint density at radius 3 is 2.75 bits per heavy atom. The summed E-state index contributed by atoms with van der Waals surface area (Å²) in [5, 5.41) is 9.72. The molecule has 0 spiro atoms. The van der Waals surface area contributed by atoms with Gasteiger partial charge in [0.25, 0.3) is 5.91 Å². The molecule has 5 nitrogen and oxygen atoms in total. The fourth-order valence-electron chi connectivity index (χ4n) is 2.98. The molecule has 1 amide bonds. The molecule has 0 radical (unpaired) electrons. The molecule has 6 heteroatoms. The standard InChI is InChI=1S/C22H20N4OS/c1-15-8-9-16(2)19(12-15)26-20(13-18(25-26)21-7-5-11-28-21)22(27)24-14-17-6-3-4-10-23-17/h3-13H,14H2,1-2H3,(H,24,27). The molecule has 0 fully saturated rings. The highest BCUT2D eigenvalue weighted by atomic mass is 32.1. The van der Waals surface area contributed by atoms with Crippen LogP contribution in [0.4, 0.5) is 0 Å². The van der Waals surface area contributed by atoms with Gasteiger partial charge in [-0.1, -0.05) is 24.3 Å². The average Bonchev–Trinajstić information content (AvgIpc) is 3.38. The Balaban J connectivity index is 1.72. The summed E-state index contributed by atoms with van der Waals surface area (Å²) in [7, 11) is 0. The topological polar surface area (TPSA) is 59.8 Å². The maximum Gasteiger partial charge on any atom is 0.270 e. The Labute approximate surface area is 167 Å². The van der Waals surface area contributed by atoms with Crippen LogP contribution in [0.15, 0.2) is 66.2 Å². The van der Waals surface area contributed by atoms with Crippen molar-refractivity contribution in [3.05, 3.63) is 88.7 Å². The zero-order valence-corrected chi connectivity index (χ0v) is 16.5. The number of hydrogen-bond acceptors (Lipinski definition) is 4. The highest BCUT2D eigenvalue weighted by molar-refractivity contribution is 7.13. The van der Waals surface area contributed by atoms with Crippen molar-refractivity contribution in [2.24, 2.45) is 0 Å². The fourth-order valence-corrected chi connectivity index (χ4v) is 3.66. The van der Waals surface area contributed by atoms with Crippen LogP contribution in [0, 0.1) is 13.8 Å². The van der Waals surface area contributed by atoms with Gasteiger partial charge < -0.3 is 5.32 Å². The summed E-state index contributed by atoms with van der Waals surface area (Å²) in [6.07, 6.45) is 1.72. The monoisotopic (exact) mass is 388 g/mol. The average molecular weight is 388 g/mol. The normalized spacial score (nSPS) is 10.8. The van der Waals surface area contributed by atoms with Crippen molar-refractivity contribution in [1.29, 1.82) is 0 Å². The molecular weight excluding hydrogens is 368 g/mol. The number of benzene rings is 1. The van der Waals surface area contributed by atoms with Crippen molar-refractivity contribution in [2.45, 2.75) is 20.4 Å². The summed E-state index contributed by atoms with van der Waals surface area (Å²) >= 11 is 1.60. The van der Waals surface area contributed by atoms with Crippen LogP contribution >= 0.6 is 11.3 Å². The maximum atomic E-state index is 13.0. The Bertz CT molecular complexity index is 1100. The third kappa shape index (κ3) is 3.73. The van der Waals surface area contributed by atoms with Crippen LogP contribution in [-0.4, -0.2) is 20.7 Å². The first-order valence-corrected chi connectivity index (χ1v) is 9.89. The third-order valence-corrected chi connectivity index (χ3v) is 5.36. The van der Waals surface area contributed by atoms with E-state index in [0.717, 1.165) is 33.1 Å². The second kappa shape index (κ2) is 7.78. The van der Waals surface area contributed by atoms with Gasteiger partial charge in [0.05, 0.1) is 22.8 Å². The second-order valence-electron chi connectivity index (χ2n) is 6.60. The third-order valence-electron chi connectivity index (χ3n) is 4.46. The van der Waals surface area contributed by atoms with E-state index in [1.807, 2.05) is 61.7 Å². The lowest BCUT2D eigenvalue weighted by Gasteiger charge is -2.11. The molecule has 0 aliphatic carbocycles. The molecule has 0 saturated heterocycles. The molecule has 1 aromatic carbocycles. The summed E-state index contributed by atoms with van der Waals surface area (Å²) in [6, 6.07) is 17.7. The van der Waals surface area contributed by atoms with Gasteiger partial charge in [-0.05, 0) is 60.7 Å². The summed E-state index contributed by atoms with van der Waals surface area (Å²) in [6.45, 7) is 4.43. The lowest BCUT2D eigenvalue weighted by Crippen LogP contribution is -2.26. The zero-order chi connectivity index (χ0) is 19.5. The molecule has 4 rings (SSSR count). The summed E-state index contributed by atoms with van der Waals surface area (Å²) < 4.78 is 1.74. The van der Waals surface area contributed by atoms with Crippen LogP contribution < -0.4 is 5.32 Å². The number of rotatable bonds is 5. The molecule has 140 valence electrons. The number of carbonyl (C=O) groups is 1. The number of aryl methyl sites for hydroxylation is 2. The van der Waals surface area contributed by atoms with Gasteiger partial charge >= 0.3 is 0 Å². The minimum atomic E-state index is -0.179. The van der Waals surface area contributed by atoms with Gasteiger partial charge in [0.15, 0.2) is 0 Å². The van der Waals surface area contributed by atoms with Gasteiger partial charge in [-0.25, -0.2) is 4.68 Å². The van der Waals surface area contributed by atoms with Crippen molar-refractivity contribution < 1.29 is 4.79 Å². The van der Waals surface area contributed by atoms with Crippen LogP contribution in [0.5, 0.6) is 0 Å². The number of nitrogens with one attached hydrogen (secondary N) is 1. The maximum absolute atomic E-state index is 13.0. The first kappa shape index (κ1) is 18.1. The van der Waals surface area contributed by atoms with Crippen molar-refractivity contribution in [3.63, 3.8) is 0 Å². The van der Waals surface area contributed by atoms with Gasteiger partial charge in [-0.2, -0.15) is 5.10 Å². The summed E-state index contributed by atoms with van der Waals surface area (Å²) in [4.78, 5) is 18.3. The number of nitrogens with zero attached hydrogens (tertiary/aromatic N) is 3. The van der Waals surface area contributed by atoms with E-state index >= 15 is 0 Å². The smallest absolute Gasteiger partial charge is 0.270 e. The number of carbonyl (C=O) groups excluding carboxylic acids is 1.